The van der Waals surface area contributed by atoms with Gasteiger partial charge in [0.05, 0.1) is 25.5 Å². The molecule has 0 aromatic carbocycles. The van der Waals surface area contributed by atoms with Crippen molar-refractivity contribution < 1.29 is 19.0 Å². The Kier molecular flexibility index (Phi) is 41.1. The zero-order valence-corrected chi connectivity index (χ0v) is 39.4. The topological polar surface area (TPSA) is 65.8 Å². The van der Waals surface area contributed by atoms with E-state index in [0.717, 1.165) is 77.8 Å². The number of nitrogens with zero attached hydrogens (tertiary/aromatic N) is 3. The molecule has 0 saturated heterocycles. The molecule has 0 N–H and O–H groups in total. The summed E-state index contributed by atoms with van der Waals surface area (Å²) in [5.74, 6) is 0.874. The second kappa shape index (κ2) is 43.6. The Hall–Kier alpha value is -1.44. The van der Waals surface area contributed by atoms with Crippen LogP contribution in [-0.2, 0) is 25.5 Å². The van der Waals surface area contributed by atoms with E-state index in [4.69, 9.17) is 14.2 Å². The largest absolute Gasteiger partial charge is 0.465 e. The fraction of sp³-hybridized carbons (Fsp3) is 0.922. The van der Waals surface area contributed by atoms with Crippen LogP contribution in [0.3, 0.4) is 0 Å². The first kappa shape index (κ1) is 54.6. The number of imidazole rings is 1. The SMILES string of the molecule is CCCCCCCCC(CCCCCC)COCOCCCCCCN(CCCCCCOC(=O)C(CCCCCC)CCCCCCCC)CCCn1ccnc1. The number of aromatic nitrogens is 2. The quantitative estimate of drug-likeness (QED) is 0.0371. The highest BCUT2D eigenvalue weighted by Crippen LogP contribution is 2.22. The predicted octanol–water partition coefficient (Wildman–Crippen LogP) is 14.9. The van der Waals surface area contributed by atoms with Crippen molar-refractivity contribution >= 4 is 5.97 Å². The van der Waals surface area contributed by atoms with Gasteiger partial charge < -0.3 is 23.7 Å². The maximum Gasteiger partial charge on any atom is 0.308 e. The summed E-state index contributed by atoms with van der Waals surface area (Å²) in [6.07, 6.45) is 47.2. The first-order valence-electron chi connectivity index (χ1n) is 25.6. The Labute approximate surface area is 361 Å². The molecule has 342 valence electrons. The van der Waals surface area contributed by atoms with Gasteiger partial charge in [-0.1, -0.05) is 182 Å². The fourth-order valence-electron chi connectivity index (χ4n) is 8.29. The van der Waals surface area contributed by atoms with Crippen LogP contribution in [0.15, 0.2) is 18.7 Å². The van der Waals surface area contributed by atoms with Crippen molar-refractivity contribution in [3.63, 3.8) is 0 Å². The van der Waals surface area contributed by atoms with Crippen molar-refractivity contribution in [2.24, 2.45) is 11.8 Å². The summed E-state index contributed by atoms with van der Waals surface area (Å²) < 4.78 is 20.0. The molecule has 0 saturated carbocycles. The van der Waals surface area contributed by atoms with E-state index >= 15 is 0 Å². The van der Waals surface area contributed by atoms with E-state index in [2.05, 4.69) is 48.3 Å². The van der Waals surface area contributed by atoms with Crippen LogP contribution in [0.5, 0.6) is 0 Å². The van der Waals surface area contributed by atoms with Gasteiger partial charge in [-0.2, -0.15) is 0 Å². The van der Waals surface area contributed by atoms with Crippen LogP contribution in [0.4, 0.5) is 0 Å². The van der Waals surface area contributed by atoms with Crippen LogP contribution < -0.4 is 0 Å². The van der Waals surface area contributed by atoms with E-state index in [0.29, 0.717) is 19.3 Å². The number of hydrogen-bond acceptors (Lipinski definition) is 6. The molecule has 7 nitrogen and oxygen atoms in total. The maximum absolute atomic E-state index is 13.0. The van der Waals surface area contributed by atoms with Gasteiger partial charge in [-0.25, -0.2) is 4.98 Å². The molecule has 0 fully saturated rings. The Bertz CT molecular complexity index is 944. The van der Waals surface area contributed by atoms with Gasteiger partial charge in [0, 0.05) is 25.5 Å². The van der Waals surface area contributed by atoms with Crippen LogP contribution in [0, 0.1) is 11.8 Å². The molecule has 0 spiro atoms. The number of carbonyl (C=O) groups excluding carboxylic acids is 1. The Balaban J connectivity index is 2.28. The van der Waals surface area contributed by atoms with E-state index in [1.807, 2.05) is 12.5 Å². The minimum Gasteiger partial charge on any atom is -0.465 e. The summed E-state index contributed by atoms with van der Waals surface area (Å²) in [5, 5.41) is 0. The van der Waals surface area contributed by atoms with Crippen LogP contribution in [-0.4, -0.2) is 66.7 Å². The molecule has 1 aromatic rings. The first-order chi connectivity index (χ1) is 28.6. The van der Waals surface area contributed by atoms with Crippen molar-refractivity contribution in [3.05, 3.63) is 18.7 Å². The molecule has 0 bridgehead atoms. The number of esters is 1. The van der Waals surface area contributed by atoms with E-state index < -0.39 is 0 Å². The predicted molar refractivity (Wildman–Crippen MR) is 248 cm³/mol. The molecule has 0 aliphatic rings. The molecular formula is C51H99N3O4. The van der Waals surface area contributed by atoms with Gasteiger partial charge in [-0.15, -0.1) is 0 Å². The summed E-state index contributed by atoms with van der Waals surface area (Å²) in [5.41, 5.74) is 0. The summed E-state index contributed by atoms with van der Waals surface area (Å²) in [6, 6.07) is 0. The third-order valence-electron chi connectivity index (χ3n) is 12.2. The van der Waals surface area contributed by atoms with Crippen LogP contribution in [0.1, 0.15) is 240 Å². The lowest BCUT2D eigenvalue weighted by molar-refractivity contribution is -0.149. The fourth-order valence-corrected chi connectivity index (χ4v) is 8.29. The van der Waals surface area contributed by atoms with Gasteiger partial charge in [-0.3, -0.25) is 4.79 Å². The molecule has 1 heterocycles. The van der Waals surface area contributed by atoms with Gasteiger partial charge in [0.25, 0.3) is 0 Å². The van der Waals surface area contributed by atoms with Crippen molar-refractivity contribution in [2.75, 3.05) is 46.2 Å². The lowest BCUT2D eigenvalue weighted by Gasteiger charge is -2.22. The molecule has 58 heavy (non-hydrogen) atoms. The van der Waals surface area contributed by atoms with Crippen LogP contribution >= 0.6 is 0 Å². The van der Waals surface area contributed by atoms with Crippen LogP contribution in [0.25, 0.3) is 0 Å². The molecule has 0 radical (unpaired) electrons. The zero-order chi connectivity index (χ0) is 41.8. The second-order valence-corrected chi connectivity index (χ2v) is 17.8. The standard InChI is InChI=1S/C51H99N3O4/c1-5-9-13-17-19-26-35-49(34-25-15-11-7-3)46-57-48-56-44-31-23-21-29-39-53(41-33-42-54-43-38-52-47-54)40-30-22-24-32-45-58-51(55)50(36-27-16-12-8-4)37-28-20-18-14-10-6-2/h38,43,47,49-50H,5-37,39-42,44-46,48H2,1-4H3. The highest BCUT2D eigenvalue weighted by atomic mass is 16.7. The third kappa shape index (κ3) is 35.3. The summed E-state index contributed by atoms with van der Waals surface area (Å²) in [4.78, 5) is 19.9. The normalized spacial score (nSPS) is 12.8. The molecule has 7 heteroatoms. The maximum atomic E-state index is 13.0. The molecule has 0 aliphatic heterocycles. The minimum absolute atomic E-state index is 0.0738. The first-order valence-corrected chi connectivity index (χ1v) is 25.6. The highest BCUT2D eigenvalue weighted by molar-refractivity contribution is 5.72. The summed E-state index contributed by atoms with van der Waals surface area (Å²) in [6.45, 7) is 16.3. The third-order valence-corrected chi connectivity index (χ3v) is 12.2. The zero-order valence-electron chi connectivity index (χ0n) is 39.4. The van der Waals surface area contributed by atoms with E-state index in [1.165, 1.54) is 173 Å². The number of unbranched alkanes of at least 4 members (excludes halogenated alkanes) is 22. The van der Waals surface area contributed by atoms with Gasteiger partial charge in [-0.05, 0) is 83.3 Å². The van der Waals surface area contributed by atoms with Crippen molar-refractivity contribution in [2.45, 2.75) is 246 Å². The van der Waals surface area contributed by atoms with Crippen LogP contribution in [0.2, 0.25) is 0 Å². The van der Waals surface area contributed by atoms with Crippen molar-refractivity contribution in [3.8, 4) is 0 Å². The second-order valence-electron chi connectivity index (χ2n) is 17.8. The molecule has 2 unspecified atom stereocenters. The van der Waals surface area contributed by atoms with Crippen molar-refractivity contribution in [1.82, 2.24) is 14.5 Å². The molecule has 0 aliphatic carbocycles. The Morgan fingerprint density at radius 3 is 1.55 bits per heavy atom. The van der Waals surface area contributed by atoms with Crippen molar-refractivity contribution in [1.29, 1.82) is 0 Å². The van der Waals surface area contributed by atoms with Gasteiger partial charge >= 0.3 is 5.97 Å². The van der Waals surface area contributed by atoms with E-state index in [-0.39, 0.29) is 11.9 Å². The lowest BCUT2D eigenvalue weighted by Crippen LogP contribution is -2.28. The molecule has 2 atom stereocenters. The smallest absolute Gasteiger partial charge is 0.308 e. The molecule has 1 aromatic heterocycles. The lowest BCUT2D eigenvalue weighted by atomic mass is 9.94. The Morgan fingerprint density at radius 2 is 1.00 bits per heavy atom. The van der Waals surface area contributed by atoms with Gasteiger partial charge in [0.2, 0.25) is 0 Å². The summed E-state index contributed by atoms with van der Waals surface area (Å²) in [7, 11) is 0. The average molecular weight is 818 g/mol. The van der Waals surface area contributed by atoms with Gasteiger partial charge in [0.1, 0.15) is 6.79 Å². The monoisotopic (exact) mass is 818 g/mol. The summed E-state index contributed by atoms with van der Waals surface area (Å²) >= 11 is 0. The molecular weight excluding hydrogens is 719 g/mol. The van der Waals surface area contributed by atoms with Gasteiger partial charge in [0.15, 0.2) is 0 Å². The minimum atomic E-state index is 0.0738. The molecule has 0 amide bonds. The average Bonchev–Trinajstić information content (AvgIpc) is 3.76. The van der Waals surface area contributed by atoms with E-state index in [1.54, 1.807) is 0 Å². The number of aryl methyl sites for hydroxylation is 1. The number of hydrogen-bond donors (Lipinski definition) is 0. The number of rotatable bonds is 47. The highest BCUT2D eigenvalue weighted by Gasteiger charge is 2.19. The van der Waals surface area contributed by atoms with E-state index in [9.17, 15) is 4.79 Å². The Morgan fingerprint density at radius 1 is 0.534 bits per heavy atom. The number of carbonyl (C=O) groups is 1. The number of ether oxygens (including phenoxy) is 3. The molecule has 1 rings (SSSR count).